The van der Waals surface area contributed by atoms with E-state index in [1.165, 1.54) is 4.90 Å². The summed E-state index contributed by atoms with van der Waals surface area (Å²) in [5.74, 6) is -0.292. The predicted molar refractivity (Wildman–Crippen MR) is 66.0 cm³/mol. The topological polar surface area (TPSA) is 98.7 Å². The summed E-state index contributed by atoms with van der Waals surface area (Å²) in [5.41, 5.74) is 12.1. The van der Waals surface area contributed by atoms with Crippen molar-refractivity contribution in [2.24, 2.45) is 11.5 Å². The molecule has 0 saturated heterocycles. The smallest absolute Gasteiger partial charge is 0.268 e. The molecule has 1 heterocycles. The average molecular weight is 249 g/mol. The number of ether oxygens (including phenoxy) is 1. The fourth-order valence-electron chi connectivity index (χ4n) is 1.90. The highest BCUT2D eigenvalue weighted by Gasteiger charge is 2.32. The third kappa shape index (κ3) is 2.14. The van der Waals surface area contributed by atoms with Crippen LogP contribution in [0.5, 0.6) is 5.75 Å². The normalized spacial score (nSPS) is 18.2. The van der Waals surface area contributed by atoms with Crippen LogP contribution in [0.25, 0.3) is 0 Å². The maximum atomic E-state index is 11.9. The number of carbonyl (C=O) groups is 2. The predicted octanol–water partition coefficient (Wildman–Crippen LogP) is -0.255. The van der Waals surface area contributed by atoms with Crippen LogP contribution in [-0.4, -0.2) is 24.5 Å². The molecule has 2 rings (SSSR count). The first kappa shape index (κ1) is 12.4. The Hall–Kier alpha value is -2.08. The SMILES string of the molecule is CC1Oc2cc(CN)ccc2N(CC(N)=O)C1=O. The Morgan fingerprint density at radius 3 is 2.83 bits per heavy atom. The third-order valence-corrected chi connectivity index (χ3v) is 2.78. The molecule has 6 nitrogen and oxygen atoms in total. The lowest BCUT2D eigenvalue weighted by atomic mass is 10.1. The van der Waals surface area contributed by atoms with Crippen LogP contribution >= 0.6 is 0 Å². The summed E-state index contributed by atoms with van der Waals surface area (Å²) < 4.78 is 5.50. The Morgan fingerprint density at radius 2 is 2.22 bits per heavy atom. The molecule has 0 saturated carbocycles. The molecule has 6 heteroatoms. The Labute approximate surface area is 104 Å². The van der Waals surface area contributed by atoms with Gasteiger partial charge in [-0.3, -0.25) is 14.5 Å². The number of primary amides is 1. The van der Waals surface area contributed by atoms with Gasteiger partial charge in [0.2, 0.25) is 5.91 Å². The molecule has 0 radical (unpaired) electrons. The number of amides is 2. The minimum atomic E-state index is -0.634. The molecule has 1 aliphatic rings. The van der Waals surface area contributed by atoms with Gasteiger partial charge in [-0.15, -0.1) is 0 Å². The number of hydrogen-bond acceptors (Lipinski definition) is 4. The summed E-state index contributed by atoms with van der Waals surface area (Å²) in [5, 5.41) is 0. The molecule has 0 bridgehead atoms. The van der Waals surface area contributed by atoms with Gasteiger partial charge in [-0.25, -0.2) is 0 Å². The van der Waals surface area contributed by atoms with E-state index in [9.17, 15) is 9.59 Å². The van der Waals surface area contributed by atoms with Crippen molar-refractivity contribution in [1.82, 2.24) is 0 Å². The van der Waals surface area contributed by atoms with Crippen LogP contribution in [0.3, 0.4) is 0 Å². The van der Waals surface area contributed by atoms with Gasteiger partial charge in [0, 0.05) is 6.54 Å². The van der Waals surface area contributed by atoms with Gasteiger partial charge < -0.3 is 16.2 Å². The van der Waals surface area contributed by atoms with E-state index in [-0.39, 0.29) is 12.5 Å². The van der Waals surface area contributed by atoms with E-state index in [4.69, 9.17) is 16.2 Å². The number of rotatable bonds is 3. The van der Waals surface area contributed by atoms with Crippen LogP contribution in [0.2, 0.25) is 0 Å². The molecule has 96 valence electrons. The maximum absolute atomic E-state index is 11.9. The van der Waals surface area contributed by atoms with E-state index >= 15 is 0 Å². The Bertz CT molecular complexity index is 501. The molecule has 1 unspecified atom stereocenters. The molecule has 1 aromatic carbocycles. The first-order valence-electron chi connectivity index (χ1n) is 5.62. The summed E-state index contributed by atoms with van der Waals surface area (Å²) in [6.45, 7) is 1.87. The molecule has 4 N–H and O–H groups in total. The fraction of sp³-hybridized carbons (Fsp3) is 0.333. The molecular weight excluding hydrogens is 234 g/mol. The second-order valence-electron chi connectivity index (χ2n) is 4.16. The second-order valence-corrected chi connectivity index (χ2v) is 4.16. The largest absolute Gasteiger partial charge is 0.479 e. The van der Waals surface area contributed by atoms with E-state index < -0.39 is 12.0 Å². The van der Waals surface area contributed by atoms with Crippen molar-refractivity contribution in [2.45, 2.75) is 19.6 Å². The Balaban J connectivity index is 2.43. The highest BCUT2D eigenvalue weighted by molar-refractivity contribution is 6.03. The minimum Gasteiger partial charge on any atom is -0.479 e. The summed E-state index contributed by atoms with van der Waals surface area (Å²) in [6.07, 6.45) is -0.634. The van der Waals surface area contributed by atoms with E-state index in [0.29, 0.717) is 18.0 Å². The van der Waals surface area contributed by atoms with Crippen molar-refractivity contribution in [3.05, 3.63) is 23.8 Å². The van der Waals surface area contributed by atoms with Crippen molar-refractivity contribution < 1.29 is 14.3 Å². The lowest BCUT2D eigenvalue weighted by Crippen LogP contribution is -2.47. The van der Waals surface area contributed by atoms with Gasteiger partial charge in [-0.2, -0.15) is 0 Å². The van der Waals surface area contributed by atoms with E-state index in [2.05, 4.69) is 0 Å². The zero-order chi connectivity index (χ0) is 13.3. The molecule has 2 amide bonds. The zero-order valence-corrected chi connectivity index (χ0v) is 10.1. The van der Waals surface area contributed by atoms with Gasteiger partial charge in [-0.1, -0.05) is 6.07 Å². The standard InChI is InChI=1S/C12H15N3O3/c1-7-12(17)15(6-11(14)16)9-3-2-8(5-13)4-10(9)18-7/h2-4,7H,5-6,13H2,1H3,(H2,14,16). The average Bonchev–Trinajstić information content (AvgIpc) is 2.33. The van der Waals surface area contributed by atoms with Crippen LogP contribution in [0, 0.1) is 0 Å². The maximum Gasteiger partial charge on any atom is 0.268 e. The molecule has 0 fully saturated rings. The number of hydrogen-bond donors (Lipinski definition) is 2. The van der Waals surface area contributed by atoms with Crippen molar-refractivity contribution in [3.8, 4) is 5.75 Å². The van der Waals surface area contributed by atoms with E-state index in [0.717, 1.165) is 5.56 Å². The van der Waals surface area contributed by atoms with Crippen LogP contribution in [0.4, 0.5) is 5.69 Å². The number of fused-ring (bicyclic) bond motifs is 1. The van der Waals surface area contributed by atoms with E-state index in [1.807, 2.05) is 0 Å². The number of anilines is 1. The molecule has 18 heavy (non-hydrogen) atoms. The van der Waals surface area contributed by atoms with E-state index in [1.54, 1.807) is 25.1 Å². The minimum absolute atomic E-state index is 0.151. The molecule has 0 spiro atoms. The summed E-state index contributed by atoms with van der Waals surface area (Å²) >= 11 is 0. The lowest BCUT2D eigenvalue weighted by Gasteiger charge is -2.32. The van der Waals surface area contributed by atoms with Crippen LogP contribution < -0.4 is 21.1 Å². The van der Waals surface area contributed by atoms with Crippen molar-refractivity contribution in [2.75, 3.05) is 11.4 Å². The first-order valence-corrected chi connectivity index (χ1v) is 5.62. The molecule has 1 aromatic rings. The zero-order valence-electron chi connectivity index (χ0n) is 10.1. The van der Waals surface area contributed by atoms with Gasteiger partial charge in [0.15, 0.2) is 6.10 Å². The number of carbonyl (C=O) groups excluding carboxylic acids is 2. The van der Waals surface area contributed by atoms with Gasteiger partial charge >= 0.3 is 0 Å². The monoisotopic (exact) mass is 249 g/mol. The van der Waals surface area contributed by atoms with Crippen LogP contribution in [-0.2, 0) is 16.1 Å². The van der Waals surface area contributed by atoms with Gasteiger partial charge in [0.25, 0.3) is 5.91 Å². The van der Waals surface area contributed by atoms with Crippen LogP contribution in [0.1, 0.15) is 12.5 Å². The highest BCUT2D eigenvalue weighted by atomic mass is 16.5. The quantitative estimate of drug-likeness (QED) is 0.771. The second kappa shape index (κ2) is 4.66. The molecular formula is C12H15N3O3. The lowest BCUT2D eigenvalue weighted by molar-refractivity contribution is -0.127. The summed E-state index contributed by atoms with van der Waals surface area (Å²) in [6, 6.07) is 5.27. The molecule has 0 aromatic heterocycles. The van der Waals surface area contributed by atoms with Gasteiger partial charge in [-0.05, 0) is 24.6 Å². The van der Waals surface area contributed by atoms with Crippen molar-refractivity contribution in [3.63, 3.8) is 0 Å². The van der Waals surface area contributed by atoms with Crippen molar-refractivity contribution >= 4 is 17.5 Å². The molecule has 1 atom stereocenters. The molecule has 0 aliphatic carbocycles. The highest BCUT2D eigenvalue weighted by Crippen LogP contribution is 2.34. The van der Waals surface area contributed by atoms with Gasteiger partial charge in [0.05, 0.1) is 5.69 Å². The number of nitrogens with two attached hydrogens (primary N) is 2. The third-order valence-electron chi connectivity index (χ3n) is 2.78. The fourth-order valence-corrected chi connectivity index (χ4v) is 1.90. The Kier molecular flexibility index (Phi) is 3.20. The van der Waals surface area contributed by atoms with Gasteiger partial charge in [0.1, 0.15) is 12.3 Å². The van der Waals surface area contributed by atoms with Crippen LogP contribution in [0.15, 0.2) is 18.2 Å². The summed E-state index contributed by atoms with van der Waals surface area (Å²) in [4.78, 5) is 24.3. The molecule has 1 aliphatic heterocycles. The number of benzene rings is 1. The van der Waals surface area contributed by atoms with Crippen molar-refractivity contribution in [1.29, 1.82) is 0 Å². The Morgan fingerprint density at radius 1 is 1.50 bits per heavy atom. The first-order chi connectivity index (χ1) is 8.52. The number of nitrogens with zero attached hydrogens (tertiary/aromatic N) is 1. The summed E-state index contributed by atoms with van der Waals surface area (Å²) in [7, 11) is 0.